The van der Waals surface area contributed by atoms with Gasteiger partial charge in [0.1, 0.15) is 0 Å². The molecule has 1 aromatic rings. The van der Waals surface area contributed by atoms with E-state index in [-0.39, 0.29) is 23.3 Å². The summed E-state index contributed by atoms with van der Waals surface area (Å²) in [5.74, 6) is 0. The number of rotatable bonds is 6. The quantitative estimate of drug-likeness (QED) is 0.577. The van der Waals surface area contributed by atoms with Crippen molar-refractivity contribution in [1.29, 1.82) is 0 Å². The number of ether oxygens (including phenoxy) is 1. The van der Waals surface area contributed by atoms with Crippen LogP contribution in [0.5, 0.6) is 0 Å². The van der Waals surface area contributed by atoms with Crippen molar-refractivity contribution in [3.63, 3.8) is 0 Å². The van der Waals surface area contributed by atoms with Gasteiger partial charge in [0.05, 0.1) is 24.4 Å². The van der Waals surface area contributed by atoms with Crippen LogP contribution in [-0.2, 0) is 26.6 Å². The van der Waals surface area contributed by atoms with E-state index in [1.165, 1.54) is 20.4 Å². The molecule has 0 fully saturated rings. The number of sulfonamides is 1. The van der Waals surface area contributed by atoms with Crippen LogP contribution in [0.2, 0.25) is 5.02 Å². The van der Waals surface area contributed by atoms with E-state index in [1.807, 2.05) is 4.89 Å². The Bertz CT molecular complexity index is 425. The van der Waals surface area contributed by atoms with Gasteiger partial charge in [-0.1, -0.05) is 16.5 Å². The van der Waals surface area contributed by atoms with Gasteiger partial charge in [0.25, 0.3) is 10.0 Å². The normalized spacial score (nSPS) is 11.9. The summed E-state index contributed by atoms with van der Waals surface area (Å²) in [6.07, 6.45) is 1.24. The fourth-order valence-electron chi connectivity index (χ4n) is 0.986. The van der Waals surface area contributed by atoms with Gasteiger partial charge in [0, 0.05) is 14.2 Å². The van der Waals surface area contributed by atoms with E-state index < -0.39 is 10.0 Å². The minimum Gasteiger partial charge on any atom is -0.382 e. The van der Waals surface area contributed by atoms with Crippen molar-refractivity contribution in [2.45, 2.75) is 5.03 Å². The first-order valence-electron chi connectivity index (χ1n) is 4.29. The standard InChI is InChI=1S/C7H12ClN3O4S/c1-11-7(6(8)5-9-11)16(12,13)10-15-4-3-14-2/h5,10H,3-4H2,1-2H3. The van der Waals surface area contributed by atoms with Gasteiger partial charge in [-0.3, -0.25) is 9.52 Å². The number of hydrogen-bond donors (Lipinski definition) is 1. The lowest BCUT2D eigenvalue weighted by Crippen LogP contribution is -2.27. The van der Waals surface area contributed by atoms with Crippen molar-refractivity contribution in [3.8, 4) is 0 Å². The monoisotopic (exact) mass is 269 g/mol. The van der Waals surface area contributed by atoms with E-state index in [2.05, 4.69) is 5.10 Å². The molecule has 7 nitrogen and oxygen atoms in total. The van der Waals surface area contributed by atoms with Gasteiger partial charge in [-0.2, -0.15) is 5.10 Å². The van der Waals surface area contributed by atoms with Crippen molar-refractivity contribution in [2.75, 3.05) is 20.3 Å². The number of methoxy groups -OCH3 is 1. The second-order valence-corrected chi connectivity index (χ2v) is 4.82. The van der Waals surface area contributed by atoms with Crippen LogP contribution in [0.4, 0.5) is 0 Å². The molecule has 0 saturated carbocycles. The minimum atomic E-state index is -3.82. The van der Waals surface area contributed by atoms with Crippen LogP contribution in [-0.4, -0.2) is 38.5 Å². The Labute approximate surface area is 98.3 Å². The first kappa shape index (κ1) is 13.4. The Hall–Kier alpha value is -0.670. The predicted molar refractivity (Wildman–Crippen MR) is 56.4 cm³/mol. The summed E-state index contributed by atoms with van der Waals surface area (Å²) in [4.78, 5) is 6.63. The Morgan fingerprint density at radius 1 is 1.56 bits per heavy atom. The second kappa shape index (κ2) is 5.60. The fraction of sp³-hybridized carbons (Fsp3) is 0.571. The van der Waals surface area contributed by atoms with E-state index in [4.69, 9.17) is 21.2 Å². The molecule has 0 saturated heterocycles. The largest absolute Gasteiger partial charge is 0.382 e. The summed E-state index contributed by atoms with van der Waals surface area (Å²) in [5, 5.41) is 3.60. The lowest BCUT2D eigenvalue weighted by molar-refractivity contribution is 0.0436. The average molecular weight is 270 g/mol. The second-order valence-electron chi connectivity index (χ2n) is 2.85. The Balaban J connectivity index is 2.71. The van der Waals surface area contributed by atoms with Crippen LogP contribution in [0.25, 0.3) is 0 Å². The van der Waals surface area contributed by atoms with Gasteiger partial charge in [-0.25, -0.2) is 8.42 Å². The molecule has 1 heterocycles. The molecule has 0 aliphatic rings. The Morgan fingerprint density at radius 3 is 2.75 bits per heavy atom. The third-order valence-electron chi connectivity index (χ3n) is 1.66. The van der Waals surface area contributed by atoms with E-state index in [9.17, 15) is 8.42 Å². The zero-order valence-corrected chi connectivity index (χ0v) is 10.4. The number of nitrogens with zero attached hydrogens (tertiary/aromatic N) is 2. The topological polar surface area (TPSA) is 82.4 Å². The van der Waals surface area contributed by atoms with E-state index in [1.54, 1.807) is 0 Å². The zero-order valence-electron chi connectivity index (χ0n) is 8.81. The summed E-state index contributed by atoms with van der Waals surface area (Å²) in [6.45, 7) is 0.382. The third-order valence-corrected chi connectivity index (χ3v) is 3.37. The molecule has 0 amide bonds. The molecule has 0 unspecified atom stereocenters. The van der Waals surface area contributed by atoms with E-state index >= 15 is 0 Å². The van der Waals surface area contributed by atoms with Gasteiger partial charge < -0.3 is 4.74 Å². The molecule has 0 aliphatic carbocycles. The molecule has 0 bridgehead atoms. The molecule has 9 heteroatoms. The van der Waals surface area contributed by atoms with Crippen molar-refractivity contribution in [3.05, 3.63) is 11.2 Å². The molecule has 1 aromatic heterocycles. The Morgan fingerprint density at radius 2 is 2.25 bits per heavy atom. The summed E-state index contributed by atoms with van der Waals surface area (Å²) < 4.78 is 29.2. The SMILES string of the molecule is COCCONS(=O)(=O)c1c(Cl)cnn1C. The number of halogens is 1. The lowest BCUT2D eigenvalue weighted by atomic mass is 10.7. The third kappa shape index (κ3) is 3.16. The fourth-order valence-corrected chi connectivity index (χ4v) is 2.48. The van der Waals surface area contributed by atoms with Crippen molar-refractivity contribution in [2.24, 2.45) is 7.05 Å². The summed E-state index contributed by atoms with van der Waals surface area (Å²) in [6, 6.07) is 0. The summed E-state index contributed by atoms with van der Waals surface area (Å²) in [5.41, 5.74) is 0. The van der Waals surface area contributed by atoms with Crippen molar-refractivity contribution in [1.82, 2.24) is 14.7 Å². The maximum Gasteiger partial charge on any atom is 0.281 e. The molecule has 1 rings (SSSR count). The van der Waals surface area contributed by atoms with Crippen molar-refractivity contribution >= 4 is 21.6 Å². The van der Waals surface area contributed by atoms with E-state index in [0.717, 1.165) is 4.68 Å². The van der Waals surface area contributed by atoms with Gasteiger partial charge in [0.15, 0.2) is 5.03 Å². The molecule has 0 radical (unpaired) electrons. The molecule has 0 spiro atoms. The summed E-state index contributed by atoms with van der Waals surface area (Å²) in [7, 11) is -0.868. The average Bonchev–Trinajstić information content (AvgIpc) is 2.54. The predicted octanol–water partition coefficient (Wildman–Crippen LogP) is -0.0702. The summed E-state index contributed by atoms with van der Waals surface area (Å²) >= 11 is 5.69. The maximum atomic E-state index is 11.7. The highest BCUT2D eigenvalue weighted by Crippen LogP contribution is 2.19. The molecule has 16 heavy (non-hydrogen) atoms. The van der Waals surface area contributed by atoms with Crippen LogP contribution < -0.4 is 4.89 Å². The lowest BCUT2D eigenvalue weighted by Gasteiger charge is -2.07. The Kier molecular flexibility index (Phi) is 4.69. The molecule has 0 aromatic carbocycles. The molecular formula is C7H12ClN3O4S. The van der Waals surface area contributed by atoms with Gasteiger partial charge in [-0.15, -0.1) is 0 Å². The molecule has 0 atom stereocenters. The first-order valence-corrected chi connectivity index (χ1v) is 6.15. The molecule has 92 valence electrons. The molecular weight excluding hydrogens is 258 g/mol. The van der Waals surface area contributed by atoms with Gasteiger partial charge >= 0.3 is 0 Å². The van der Waals surface area contributed by atoms with Crippen LogP contribution in [0.15, 0.2) is 11.2 Å². The van der Waals surface area contributed by atoms with Gasteiger partial charge in [-0.05, 0) is 0 Å². The number of aryl methyl sites for hydroxylation is 1. The van der Waals surface area contributed by atoms with Crippen molar-refractivity contribution < 1.29 is 18.0 Å². The number of hydrogen-bond acceptors (Lipinski definition) is 5. The highest BCUT2D eigenvalue weighted by atomic mass is 35.5. The van der Waals surface area contributed by atoms with Crippen LogP contribution in [0.1, 0.15) is 0 Å². The molecule has 1 N–H and O–H groups in total. The first-order chi connectivity index (χ1) is 7.49. The minimum absolute atomic E-state index is 0.0327. The van der Waals surface area contributed by atoms with Crippen LogP contribution in [0.3, 0.4) is 0 Å². The molecule has 0 aliphatic heterocycles. The number of nitrogens with one attached hydrogen (secondary N) is 1. The van der Waals surface area contributed by atoms with Crippen LogP contribution in [0, 0.1) is 0 Å². The highest BCUT2D eigenvalue weighted by molar-refractivity contribution is 7.89. The zero-order chi connectivity index (χ0) is 12.2. The number of aromatic nitrogens is 2. The smallest absolute Gasteiger partial charge is 0.281 e. The van der Waals surface area contributed by atoms with Gasteiger partial charge in [0.2, 0.25) is 0 Å². The van der Waals surface area contributed by atoms with E-state index in [0.29, 0.717) is 0 Å². The maximum absolute atomic E-state index is 11.7. The van der Waals surface area contributed by atoms with Crippen LogP contribution >= 0.6 is 11.6 Å². The highest BCUT2D eigenvalue weighted by Gasteiger charge is 2.22.